The monoisotopic (exact) mass is 429 g/mol. The average Bonchev–Trinajstić information content (AvgIpc) is 3.14. The zero-order valence-electron chi connectivity index (χ0n) is 14.5. The Hall–Kier alpha value is -2.34. The molecule has 0 bridgehead atoms. The van der Waals surface area contributed by atoms with Gasteiger partial charge in [-0.25, -0.2) is 4.39 Å². The molecule has 0 saturated carbocycles. The maximum Gasteiger partial charge on any atom is 0.196 e. The molecule has 3 nitrogen and oxygen atoms in total. The van der Waals surface area contributed by atoms with Crippen molar-refractivity contribution in [1.82, 2.24) is 14.8 Å². The van der Waals surface area contributed by atoms with Crippen molar-refractivity contribution in [3.63, 3.8) is 0 Å². The maximum absolute atomic E-state index is 13.3. The Balaban J connectivity index is 1.70. The molecule has 0 N–H and O–H groups in total. The van der Waals surface area contributed by atoms with Crippen LogP contribution in [0.15, 0.2) is 78.0 Å². The first-order chi connectivity index (χ1) is 13.6. The van der Waals surface area contributed by atoms with Crippen molar-refractivity contribution < 1.29 is 4.39 Å². The van der Waals surface area contributed by atoms with Crippen molar-refractivity contribution >= 4 is 35.0 Å². The summed E-state index contributed by atoms with van der Waals surface area (Å²) in [7, 11) is 0. The van der Waals surface area contributed by atoms with Crippen LogP contribution < -0.4 is 0 Å². The van der Waals surface area contributed by atoms with Gasteiger partial charge in [0, 0.05) is 17.0 Å². The van der Waals surface area contributed by atoms with Gasteiger partial charge in [0.25, 0.3) is 0 Å². The normalized spacial score (nSPS) is 11.0. The Morgan fingerprint density at radius 2 is 1.61 bits per heavy atom. The molecule has 3 aromatic carbocycles. The number of nitrogens with zero attached hydrogens (tertiary/aromatic N) is 3. The van der Waals surface area contributed by atoms with Crippen LogP contribution in [0.5, 0.6) is 0 Å². The molecular formula is C21H14Cl2FN3S. The number of hydrogen-bond acceptors (Lipinski definition) is 3. The minimum atomic E-state index is -0.288. The fourth-order valence-corrected chi connectivity index (χ4v) is 3.95. The van der Waals surface area contributed by atoms with E-state index in [-0.39, 0.29) is 5.82 Å². The third-order valence-corrected chi connectivity index (χ3v) is 5.84. The number of benzene rings is 3. The zero-order chi connectivity index (χ0) is 19.5. The number of para-hydroxylation sites is 1. The van der Waals surface area contributed by atoms with Crippen LogP contribution in [0, 0.1) is 5.82 Å². The molecular weight excluding hydrogens is 416 g/mol. The van der Waals surface area contributed by atoms with Crippen LogP contribution in [-0.2, 0) is 5.75 Å². The summed E-state index contributed by atoms with van der Waals surface area (Å²) in [6, 6.07) is 21.6. The largest absolute Gasteiger partial charge is 0.270 e. The first kappa shape index (κ1) is 19.0. The van der Waals surface area contributed by atoms with E-state index in [2.05, 4.69) is 10.2 Å². The van der Waals surface area contributed by atoms with Crippen LogP contribution in [-0.4, -0.2) is 14.8 Å². The van der Waals surface area contributed by atoms with E-state index < -0.39 is 0 Å². The van der Waals surface area contributed by atoms with Gasteiger partial charge in [0.1, 0.15) is 5.82 Å². The SMILES string of the molecule is Fc1ccc(-c2nnc(SCc3ccc(Cl)c(Cl)c3)n2-c2ccccc2)cc1. The lowest BCUT2D eigenvalue weighted by Gasteiger charge is -2.10. The van der Waals surface area contributed by atoms with E-state index in [1.807, 2.05) is 47.0 Å². The predicted octanol–water partition coefficient (Wildman–Crippen LogP) is 6.67. The highest BCUT2D eigenvalue weighted by Crippen LogP contribution is 2.31. The van der Waals surface area contributed by atoms with Gasteiger partial charge in [0.2, 0.25) is 0 Å². The molecule has 0 saturated heterocycles. The van der Waals surface area contributed by atoms with Crippen LogP contribution in [0.4, 0.5) is 4.39 Å². The van der Waals surface area contributed by atoms with Crippen LogP contribution in [0.25, 0.3) is 17.1 Å². The summed E-state index contributed by atoms with van der Waals surface area (Å²) in [6.45, 7) is 0. The lowest BCUT2D eigenvalue weighted by Crippen LogP contribution is -1.99. The van der Waals surface area contributed by atoms with Crippen molar-refractivity contribution in [1.29, 1.82) is 0 Å². The lowest BCUT2D eigenvalue weighted by molar-refractivity contribution is 0.628. The van der Waals surface area contributed by atoms with Gasteiger partial charge in [-0.1, -0.05) is 59.2 Å². The van der Waals surface area contributed by atoms with Crippen LogP contribution in [0.3, 0.4) is 0 Å². The molecule has 0 fully saturated rings. The topological polar surface area (TPSA) is 30.7 Å². The molecule has 4 aromatic rings. The predicted molar refractivity (Wildman–Crippen MR) is 113 cm³/mol. The quantitative estimate of drug-likeness (QED) is 0.331. The van der Waals surface area contributed by atoms with Gasteiger partial charge in [-0.3, -0.25) is 4.57 Å². The van der Waals surface area contributed by atoms with Gasteiger partial charge < -0.3 is 0 Å². The molecule has 0 amide bonds. The third-order valence-electron chi connectivity index (χ3n) is 4.10. The highest BCUT2D eigenvalue weighted by Gasteiger charge is 2.16. The molecule has 0 aliphatic carbocycles. The second kappa shape index (κ2) is 8.35. The highest BCUT2D eigenvalue weighted by molar-refractivity contribution is 7.98. The molecule has 7 heteroatoms. The van der Waals surface area contributed by atoms with E-state index >= 15 is 0 Å². The summed E-state index contributed by atoms with van der Waals surface area (Å²) >= 11 is 13.6. The zero-order valence-corrected chi connectivity index (χ0v) is 16.8. The molecule has 0 spiro atoms. The van der Waals surface area contributed by atoms with E-state index in [0.717, 1.165) is 22.0 Å². The lowest BCUT2D eigenvalue weighted by atomic mass is 10.2. The minimum absolute atomic E-state index is 0.288. The minimum Gasteiger partial charge on any atom is -0.270 e. The Morgan fingerprint density at radius 1 is 0.857 bits per heavy atom. The molecule has 4 rings (SSSR count). The van der Waals surface area contributed by atoms with E-state index in [4.69, 9.17) is 23.2 Å². The van der Waals surface area contributed by atoms with Crippen molar-refractivity contribution in [3.8, 4) is 17.1 Å². The summed E-state index contributed by atoms with van der Waals surface area (Å²) in [4.78, 5) is 0. The van der Waals surface area contributed by atoms with Crippen LogP contribution >= 0.6 is 35.0 Å². The standard InChI is InChI=1S/C21H14Cl2FN3S/c22-18-11-6-14(12-19(18)23)13-28-21-26-25-20(15-7-9-16(24)10-8-15)27(21)17-4-2-1-3-5-17/h1-12H,13H2. The van der Waals surface area contributed by atoms with Crippen molar-refractivity contribution in [2.75, 3.05) is 0 Å². The van der Waals surface area contributed by atoms with E-state index in [9.17, 15) is 4.39 Å². The Kier molecular flexibility index (Phi) is 5.67. The van der Waals surface area contributed by atoms with E-state index in [0.29, 0.717) is 21.6 Å². The summed E-state index contributed by atoms with van der Waals surface area (Å²) in [6.07, 6.45) is 0. The van der Waals surface area contributed by atoms with Gasteiger partial charge >= 0.3 is 0 Å². The van der Waals surface area contributed by atoms with Crippen molar-refractivity contribution in [2.45, 2.75) is 10.9 Å². The maximum atomic E-state index is 13.3. The number of thioether (sulfide) groups is 1. The molecule has 0 aliphatic heterocycles. The summed E-state index contributed by atoms with van der Waals surface area (Å²) in [5, 5.41) is 10.5. The van der Waals surface area contributed by atoms with Crippen LogP contribution in [0.1, 0.15) is 5.56 Å². The molecule has 1 aromatic heterocycles. The van der Waals surface area contributed by atoms with Crippen molar-refractivity contribution in [2.24, 2.45) is 0 Å². The van der Waals surface area contributed by atoms with Gasteiger partial charge in [-0.05, 0) is 54.1 Å². The second-order valence-corrected chi connectivity index (χ2v) is 7.78. The van der Waals surface area contributed by atoms with Gasteiger partial charge in [-0.2, -0.15) is 0 Å². The van der Waals surface area contributed by atoms with Crippen LogP contribution in [0.2, 0.25) is 10.0 Å². The second-order valence-electron chi connectivity index (χ2n) is 6.02. The highest BCUT2D eigenvalue weighted by atomic mass is 35.5. The summed E-state index contributed by atoms with van der Waals surface area (Å²) < 4.78 is 15.3. The molecule has 1 heterocycles. The Labute approximate surface area is 176 Å². The van der Waals surface area contributed by atoms with Gasteiger partial charge in [-0.15, -0.1) is 10.2 Å². The molecule has 0 aliphatic rings. The fourth-order valence-electron chi connectivity index (χ4n) is 2.74. The first-order valence-corrected chi connectivity index (χ1v) is 10.2. The Morgan fingerprint density at radius 3 is 2.32 bits per heavy atom. The smallest absolute Gasteiger partial charge is 0.196 e. The van der Waals surface area contributed by atoms with Gasteiger partial charge in [0.15, 0.2) is 11.0 Å². The first-order valence-electron chi connectivity index (χ1n) is 8.45. The molecule has 140 valence electrons. The third kappa shape index (κ3) is 4.07. The van der Waals surface area contributed by atoms with E-state index in [1.165, 1.54) is 12.1 Å². The molecule has 0 unspecified atom stereocenters. The number of aromatic nitrogens is 3. The molecule has 0 radical (unpaired) electrons. The fraction of sp³-hybridized carbons (Fsp3) is 0.0476. The number of halogens is 3. The van der Waals surface area contributed by atoms with Crippen molar-refractivity contribution in [3.05, 3.63) is 94.2 Å². The number of hydrogen-bond donors (Lipinski definition) is 0. The molecule has 28 heavy (non-hydrogen) atoms. The van der Waals surface area contributed by atoms with E-state index in [1.54, 1.807) is 30.0 Å². The number of rotatable bonds is 5. The van der Waals surface area contributed by atoms with Gasteiger partial charge in [0.05, 0.1) is 10.0 Å². The summed E-state index contributed by atoms with van der Waals surface area (Å²) in [5.41, 5.74) is 2.76. The Bertz CT molecular complexity index is 1100. The summed E-state index contributed by atoms with van der Waals surface area (Å²) in [5.74, 6) is 1.03. The average molecular weight is 430 g/mol. The molecule has 0 atom stereocenters.